The Morgan fingerprint density at radius 3 is 2.79 bits per heavy atom. The number of anilines is 1. The van der Waals surface area contributed by atoms with Crippen molar-refractivity contribution in [1.29, 1.82) is 0 Å². The summed E-state index contributed by atoms with van der Waals surface area (Å²) in [6, 6.07) is 4.20. The van der Waals surface area contributed by atoms with Crippen molar-refractivity contribution < 1.29 is 9.90 Å². The Morgan fingerprint density at radius 2 is 2.17 bits per heavy atom. The van der Waals surface area contributed by atoms with Gasteiger partial charge in [0, 0.05) is 36.4 Å². The summed E-state index contributed by atoms with van der Waals surface area (Å²) in [6.45, 7) is 6.13. The maximum absolute atomic E-state index is 12.3. The molecule has 1 aliphatic rings. The van der Waals surface area contributed by atoms with Crippen LogP contribution in [0.2, 0.25) is 0 Å². The fourth-order valence-electron chi connectivity index (χ4n) is 3.73. The van der Waals surface area contributed by atoms with Crippen molar-refractivity contribution in [3.05, 3.63) is 39.7 Å². The Balaban J connectivity index is 2.03. The van der Waals surface area contributed by atoms with Gasteiger partial charge in [-0.3, -0.25) is 4.79 Å². The van der Waals surface area contributed by atoms with Gasteiger partial charge in [0.2, 0.25) is 5.43 Å². The lowest BCUT2D eigenvalue weighted by Gasteiger charge is -2.39. The molecule has 1 aromatic heterocycles. The summed E-state index contributed by atoms with van der Waals surface area (Å²) in [5.74, 6) is -0.671. The van der Waals surface area contributed by atoms with Crippen molar-refractivity contribution in [2.24, 2.45) is 5.92 Å². The summed E-state index contributed by atoms with van der Waals surface area (Å²) >= 11 is 0. The first-order chi connectivity index (χ1) is 11.4. The molecule has 0 radical (unpaired) electrons. The van der Waals surface area contributed by atoms with Crippen molar-refractivity contribution >= 4 is 22.6 Å². The van der Waals surface area contributed by atoms with Gasteiger partial charge in [0.1, 0.15) is 5.56 Å². The number of H-pyrrole nitrogens is 1. The molecular weight excluding hydrogens is 306 g/mol. The van der Waals surface area contributed by atoms with Crippen molar-refractivity contribution in [2.45, 2.75) is 26.3 Å². The number of aromatic amines is 1. The van der Waals surface area contributed by atoms with Gasteiger partial charge in [0.15, 0.2) is 0 Å². The van der Waals surface area contributed by atoms with Crippen LogP contribution in [0.1, 0.15) is 29.3 Å². The van der Waals surface area contributed by atoms with Crippen molar-refractivity contribution in [3.8, 4) is 0 Å². The number of fused-ring (bicyclic) bond motifs is 1. The van der Waals surface area contributed by atoms with E-state index in [0.717, 1.165) is 30.8 Å². The summed E-state index contributed by atoms with van der Waals surface area (Å²) in [7, 11) is 2.00. The summed E-state index contributed by atoms with van der Waals surface area (Å²) < 4.78 is 0. The quantitative estimate of drug-likeness (QED) is 0.801. The predicted molar refractivity (Wildman–Crippen MR) is 95.1 cm³/mol. The molecule has 3 N–H and O–H groups in total. The van der Waals surface area contributed by atoms with E-state index in [9.17, 15) is 9.59 Å². The molecule has 1 aromatic carbocycles. The fraction of sp³-hybridized carbons (Fsp3) is 0.444. The number of carboxylic acid groups (broad SMARTS) is 1. The normalized spacial score (nSPS) is 21.2. The molecule has 3 rings (SSSR count). The van der Waals surface area contributed by atoms with Crippen LogP contribution in [-0.4, -0.2) is 42.2 Å². The molecule has 0 aliphatic carbocycles. The van der Waals surface area contributed by atoms with E-state index in [0.29, 0.717) is 22.9 Å². The number of aryl methyl sites for hydroxylation is 1. The molecule has 0 bridgehead atoms. The highest BCUT2D eigenvalue weighted by atomic mass is 16.4. The molecule has 0 spiro atoms. The van der Waals surface area contributed by atoms with Crippen LogP contribution in [-0.2, 0) is 0 Å². The van der Waals surface area contributed by atoms with Gasteiger partial charge in [-0.05, 0) is 44.0 Å². The Hall–Kier alpha value is -2.34. The van der Waals surface area contributed by atoms with Gasteiger partial charge in [-0.25, -0.2) is 4.79 Å². The molecule has 2 aromatic rings. The predicted octanol–water partition coefficient (Wildman–Crippen LogP) is 1.97. The van der Waals surface area contributed by atoms with E-state index in [2.05, 4.69) is 22.1 Å². The highest BCUT2D eigenvalue weighted by Gasteiger charge is 2.26. The molecular formula is C18H23N3O3. The standard InChI is InChI=1S/C18H23N3O3/c1-10-9-21(7-6-14(10)19-3)15-5-4-12-16(11(15)2)20-8-13(17(12)22)18(23)24/h4-5,8,10,14,19H,6-7,9H2,1-3H3,(H,20,22)(H,23,24). The molecule has 24 heavy (non-hydrogen) atoms. The molecule has 2 atom stereocenters. The third kappa shape index (κ3) is 2.67. The number of pyridine rings is 1. The molecule has 128 valence electrons. The molecule has 1 saturated heterocycles. The van der Waals surface area contributed by atoms with Crippen LogP contribution in [0.5, 0.6) is 0 Å². The lowest BCUT2D eigenvalue weighted by Crippen LogP contribution is -2.47. The number of hydrogen-bond donors (Lipinski definition) is 3. The highest BCUT2D eigenvalue weighted by Crippen LogP contribution is 2.29. The lowest BCUT2D eigenvalue weighted by atomic mass is 9.93. The van der Waals surface area contributed by atoms with Crippen molar-refractivity contribution in [3.63, 3.8) is 0 Å². The van der Waals surface area contributed by atoms with Gasteiger partial charge in [-0.2, -0.15) is 0 Å². The number of benzene rings is 1. The lowest BCUT2D eigenvalue weighted by molar-refractivity contribution is 0.0695. The first kappa shape index (κ1) is 16.5. The number of rotatable bonds is 3. The topological polar surface area (TPSA) is 85.4 Å². The third-order valence-electron chi connectivity index (χ3n) is 5.13. The van der Waals surface area contributed by atoms with Crippen LogP contribution >= 0.6 is 0 Å². The summed E-state index contributed by atoms with van der Waals surface area (Å²) in [5.41, 5.74) is 2.14. The van der Waals surface area contributed by atoms with Crippen LogP contribution in [0.4, 0.5) is 5.69 Å². The number of aromatic carboxylic acids is 1. The Labute approximate surface area is 140 Å². The Bertz CT molecular complexity index is 843. The zero-order chi connectivity index (χ0) is 17.4. The average molecular weight is 329 g/mol. The van der Waals surface area contributed by atoms with Gasteiger partial charge in [0.25, 0.3) is 0 Å². The zero-order valence-corrected chi connectivity index (χ0v) is 14.2. The SMILES string of the molecule is CNC1CCN(c2ccc3c(=O)c(C(=O)O)c[nH]c3c2C)CC1C. The van der Waals surface area contributed by atoms with E-state index < -0.39 is 11.4 Å². The monoisotopic (exact) mass is 329 g/mol. The molecule has 0 saturated carbocycles. The summed E-state index contributed by atoms with van der Waals surface area (Å²) in [6.07, 6.45) is 2.36. The second-order valence-electron chi connectivity index (χ2n) is 6.58. The molecule has 2 heterocycles. The first-order valence-electron chi connectivity index (χ1n) is 8.24. The molecule has 2 unspecified atom stereocenters. The molecule has 6 heteroatoms. The first-order valence-corrected chi connectivity index (χ1v) is 8.24. The van der Waals surface area contributed by atoms with Crippen LogP contribution in [0.3, 0.4) is 0 Å². The second-order valence-corrected chi connectivity index (χ2v) is 6.58. The van der Waals surface area contributed by atoms with Crippen molar-refractivity contribution in [1.82, 2.24) is 10.3 Å². The smallest absolute Gasteiger partial charge is 0.341 e. The largest absolute Gasteiger partial charge is 0.477 e. The maximum Gasteiger partial charge on any atom is 0.341 e. The highest BCUT2D eigenvalue weighted by molar-refractivity contribution is 5.94. The maximum atomic E-state index is 12.3. The second kappa shape index (κ2) is 6.28. The minimum absolute atomic E-state index is 0.224. The van der Waals surface area contributed by atoms with Crippen LogP contribution in [0.25, 0.3) is 10.9 Å². The zero-order valence-electron chi connectivity index (χ0n) is 14.2. The summed E-state index contributed by atoms with van der Waals surface area (Å²) in [4.78, 5) is 28.8. The van der Waals surface area contributed by atoms with E-state index in [-0.39, 0.29) is 5.56 Å². The number of nitrogens with one attached hydrogen (secondary N) is 2. The van der Waals surface area contributed by atoms with Crippen LogP contribution in [0.15, 0.2) is 23.1 Å². The Kier molecular flexibility index (Phi) is 4.32. The number of hydrogen-bond acceptors (Lipinski definition) is 4. The Morgan fingerprint density at radius 1 is 1.42 bits per heavy atom. The van der Waals surface area contributed by atoms with E-state index in [4.69, 9.17) is 5.11 Å². The van der Waals surface area contributed by atoms with E-state index in [1.165, 1.54) is 6.20 Å². The van der Waals surface area contributed by atoms with E-state index >= 15 is 0 Å². The van der Waals surface area contributed by atoms with Gasteiger partial charge in [-0.1, -0.05) is 6.92 Å². The third-order valence-corrected chi connectivity index (χ3v) is 5.13. The average Bonchev–Trinajstić information content (AvgIpc) is 2.55. The molecule has 1 fully saturated rings. The number of carbonyl (C=O) groups is 1. The number of aromatic nitrogens is 1. The molecule has 6 nitrogen and oxygen atoms in total. The number of carboxylic acids is 1. The van der Waals surface area contributed by atoms with Gasteiger partial charge < -0.3 is 20.3 Å². The minimum atomic E-state index is -1.21. The molecule has 0 amide bonds. The number of nitrogens with zero attached hydrogens (tertiary/aromatic N) is 1. The van der Waals surface area contributed by atoms with E-state index in [1.807, 2.05) is 20.0 Å². The van der Waals surface area contributed by atoms with E-state index in [1.54, 1.807) is 6.07 Å². The van der Waals surface area contributed by atoms with Crippen molar-refractivity contribution in [2.75, 3.05) is 25.0 Å². The molecule has 1 aliphatic heterocycles. The minimum Gasteiger partial charge on any atom is -0.477 e. The van der Waals surface area contributed by atoms with Crippen LogP contribution in [0, 0.1) is 12.8 Å². The summed E-state index contributed by atoms with van der Waals surface area (Å²) in [5, 5.41) is 12.9. The fourth-order valence-corrected chi connectivity index (χ4v) is 3.73. The van der Waals surface area contributed by atoms with Gasteiger partial charge in [-0.15, -0.1) is 0 Å². The van der Waals surface area contributed by atoms with Crippen LogP contribution < -0.4 is 15.6 Å². The van der Waals surface area contributed by atoms with Gasteiger partial charge >= 0.3 is 5.97 Å². The van der Waals surface area contributed by atoms with Gasteiger partial charge in [0.05, 0.1) is 5.52 Å². The number of piperidine rings is 1.